The van der Waals surface area contributed by atoms with Gasteiger partial charge in [0.15, 0.2) is 5.11 Å². The smallest absolute Gasteiger partial charge is 0.262 e. The lowest BCUT2D eigenvalue weighted by Crippen LogP contribution is -2.49. The average Bonchev–Trinajstić information content (AvgIpc) is 3.65. The lowest BCUT2D eigenvalue weighted by molar-refractivity contribution is 0.0968. The number of amides is 1. The fourth-order valence-electron chi connectivity index (χ4n) is 5.14. The minimum Gasteiger partial charge on any atom is -0.366 e. The fraction of sp³-hybridized carbons (Fsp3) is 0.233. The van der Waals surface area contributed by atoms with Crippen LogP contribution in [0.4, 0.5) is 15.9 Å². The molecule has 214 valence electrons. The van der Waals surface area contributed by atoms with Crippen molar-refractivity contribution in [2.45, 2.75) is 18.9 Å². The molecule has 1 amide bonds. The van der Waals surface area contributed by atoms with E-state index >= 15 is 4.39 Å². The molecule has 5 aromatic rings. The van der Waals surface area contributed by atoms with E-state index in [1.807, 2.05) is 30.3 Å². The van der Waals surface area contributed by atoms with Crippen LogP contribution in [0.1, 0.15) is 23.2 Å². The molecule has 0 aliphatic carbocycles. The van der Waals surface area contributed by atoms with Crippen molar-refractivity contribution in [1.29, 1.82) is 0 Å². The normalized spacial score (nSPS) is 15.0. The van der Waals surface area contributed by atoms with E-state index in [0.717, 1.165) is 45.6 Å². The second-order valence-electron chi connectivity index (χ2n) is 10.1. The first-order chi connectivity index (χ1) is 20.4. The Morgan fingerprint density at radius 2 is 1.98 bits per heavy atom. The van der Waals surface area contributed by atoms with Gasteiger partial charge >= 0.3 is 0 Å². The van der Waals surface area contributed by atoms with Gasteiger partial charge in [-0.1, -0.05) is 23.4 Å². The molecule has 1 aliphatic heterocycles. The molecule has 2 aromatic carbocycles. The number of aromatic nitrogens is 4. The molecular formula is C30H29FN8OS2. The predicted molar refractivity (Wildman–Crippen MR) is 169 cm³/mol. The van der Waals surface area contributed by atoms with Crippen LogP contribution in [0.5, 0.6) is 0 Å². The summed E-state index contributed by atoms with van der Waals surface area (Å²) < 4.78 is 18.1. The highest BCUT2D eigenvalue weighted by atomic mass is 32.1. The molecule has 6 rings (SSSR count). The molecule has 0 unspecified atom stereocenters. The van der Waals surface area contributed by atoms with Gasteiger partial charge in [-0.25, -0.2) is 9.37 Å². The molecule has 1 fully saturated rings. The van der Waals surface area contributed by atoms with E-state index in [-0.39, 0.29) is 11.6 Å². The summed E-state index contributed by atoms with van der Waals surface area (Å²) in [7, 11) is 3.52. The molecule has 0 saturated carbocycles. The van der Waals surface area contributed by atoms with Crippen molar-refractivity contribution < 1.29 is 9.18 Å². The molecule has 3 N–H and O–H groups in total. The number of thiophene rings is 1. The molecule has 0 radical (unpaired) electrons. The first kappa shape index (κ1) is 27.9. The van der Waals surface area contributed by atoms with Gasteiger partial charge in [0.25, 0.3) is 5.91 Å². The number of carbonyl (C=O) groups excluding carboxylic acids is 1. The van der Waals surface area contributed by atoms with Crippen LogP contribution in [0.15, 0.2) is 67.0 Å². The van der Waals surface area contributed by atoms with Crippen LogP contribution in [0.2, 0.25) is 0 Å². The molecule has 4 heterocycles. The first-order valence-electron chi connectivity index (χ1n) is 13.6. The third-order valence-corrected chi connectivity index (χ3v) is 8.72. The van der Waals surface area contributed by atoms with Crippen LogP contribution in [-0.4, -0.2) is 57.2 Å². The number of nitrogens with zero attached hydrogens (tertiary/aromatic N) is 5. The Hall–Kier alpha value is -4.26. The molecule has 12 heteroatoms. The number of pyridine rings is 1. The highest BCUT2D eigenvalue weighted by Gasteiger charge is 2.32. The standard InChI is InChI=1S/C30H29FN8OS2/c1-32-30(41)35-20-8-5-18(6-9-20)27-15-23-26(42-27)11-13-34-28(23)39(21-4-3-12-33-16-21)29(40)22-10-7-19(14-24(22)31)25-17-38(2)37-36-25/h5-11,13-15,17,21,33H,3-4,12,16H2,1-2H3,(H2,32,35,41)/t21-/m1/s1. The Balaban J connectivity index is 1.37. The molecule has 0 bridgehead atoms. The topological polar surface area (TPSA) is 100 Å². The van der Waals surface area contributed by atoms with E-state index in [0.29, 0.717) is 28.7 Å². The number of benzene rings is 2. The second kappa shape index (κ2) is 11.9. The zero-order chi connectivity index (χ0) is 29.2. The van der Waals surface area contributed by atoms with Gasteiger partial charge in [0, 0.05) is 53.1 Å². The maximum absolute atomic E-state index is 15.6. The van der Waals surface area contributed by atoms with Crippen LogP contribution >= 0.6 is 23.6 Å². The summed E-state index contributed by atoms with van der Waals surface area (Å²) in [6.07, 6.45) is 5.12. The van der Waals surface area contributed by atoms with Crippen molar-refractivity contribution in [3.8, 4) is 21.7 Å². The Morgan fingerprint density at radius 1 is 1.17 bits per heavy atom. The molecule has 1 atom stereocenters. The van der Waals surface area contributed by atoms with Gasteiger partial charge in [-0.05, 0) is 73.6 Å². The highest BCUT2D eigenvalue weighted by Crippen LogP contribution is 2.39. The Bertz CT molecular complexity index is 1760. The van der Waals surface area contributed by atoms with E-state index in [2.05, 4.69) is 32.3 Å². The fourth-order valence-corrected chi connectivity index (χ4v) is 6.31. The van der Waals surface area contributed by atoms with Crippen LogP contribution in [0, 0.1) is 5.82 Å². The van der Waals surface area contributed by atoms with Gasteiger partial charge in [-0.3, -0.25) is 14.4 Å². The number of fused-ring (bicyclic) bond motifs is 1. The summed E-state index contributed by atoms with van der Waals surface area (Å²) in [5.41, 5.74) is 3.00. The van der Waals surface area contributed by atoms with E-state index in [1.54, 1.807) is 53.5 Å². The molecule has 1 saturated heterocycles. The predicted octanol–water partition coefficient (Wildman–Crippen LogP) is 5.21. The number of carbonyl (C=O) groups is 1. The number of nitrogens with one attached hydrogen (secondary N) is 3. The quantitative estimate of drug-likeness (QED) is 0.229. The maximum atomic E-state index is 15.6. The van der Waals surface area contributed by atoms with Gasteiger partial charge < -0.3 is 16.0 Å². The zero-order valence-electron chi connectivity index (χ0n) is 23.1. The Kier molecular flexibility index (Phi) is 7.92. The summed E-state index contributed by atoms with van der Waals surface area (Å²) in [6.45, 7) is 1.48. The van der Waals surface area contributed by atoms with Crippen molar-refractivity contribution in [1.82, 2.24) is 30.6 Å². The lowest BCUT2D eigenvalue weighted by Gasteiger charge is -2.34. The third kappa shape index (κ3) is 5.60. The zero-order valence-corrected chi connectivity index (χ0v) is 24.7. The van der Waals surface area contributed by atoms with Crippen LogP contribution < -0.4 is 20.9 Å². The van der Waals surface area contributed by atoms with E-state index in [9.17, 15) is 4.79 Å². The minimum atomic E-state index is -0.610. The summed E-state index contributed by atoms with van der Waals surface area (Å²) in [6, 6.07) is 16.4. The van der Waals surface area contributed by atoms with Gasteiger partial charge in [0.1, 0.15) is 17.3 Å². The summed E-state index contributed by atoms with van der Waals surface area (Å²) in [5, 5.41) is 18.8. The van der Waals surface area contributed by atoms with Gasteiger partial charge in [-0.2, -0.15) is 0 Å². The number of thiocarbonyl (C=S) groups is 1. The molecule has 9 nitrogen and oxygen atoms in total. The minimum absolute atomic E-state index is 0.00922. The number of piperidine rings is 1. The third-order valence-electron chi connectivity index (χ3n) is 7.26. The van der Waals surface area contributed by atoms with Gasteiger partial charge in [-0.15, -0.1) is 16.4 Å². The van der Waals surface area contributed by atoms with Crippen molar-refractivity contribution in [3.63, 3.8) is 0 Å². The van der Waals surface area contributed by atoms with Gasteiger partial charge in [0.05, 0.1) is 17.8 Å². The highest BCUT2D eigenvalue weighted by molar-refractivity contribution is 7.80. The van der Waals surface area contributed by atoms with E-state index in [4.69, 9.17) is 17.2 Å². The van der Waals surface area contributed by atoms with Crippen LogP contribution in [-0.2, 0) is 7.05 Å². The largest absolute Gasteiger partial charge is 0.366 e. The number of halogens is 1. The number of rotatable bonds is 6. The number of anilines is 2. The van der Waals surface area contributed by atoms with Gasteiger partial charge in [0.2, 0.25) is 0 Å². The van der Waals surface area contributed by atoms with Crippen molar-refractivity contribution in [2.24, 2.45) is 7.05 Å². The molecule has 1 aliphatic rings. The Morgan fingerprint density at radius 3 is 2.67 bits per heavy atom. The average molecular weight is 601 g/mol. The summed E-state index contributed by atoms with van der Waals surface area (Å²) in [4.78, 5) is 21.6. The SMILES string of the molecule is CNC(=S)Nc1ccc(-c2cc3c(N(C(=O)c4ccc(-c5cn(C)nn5)cc4F)[C@@H]4CCCNC4)nccc3s2)cc1. The summed E-state index contributed by atoms with van der Waals surface area (Å²) in [5.74, 6) is -0.499. The molecule has 42 heavy (non-hydrogen) atoms. The van der Waals surface area contributed by atoms with Crippen LogP contribution in [0.25, 0.3) is 31.8 Å². The molecule has 3 aromatic heterocycles. The first-order valence-corrected chi connectivity index (χ1v) is 14.8. The van der Waals surface area contributed by atoms with E-state index < -0.39 is 11.7 Å². The Labute approximate surface area is 251 Å². The van der Waals surface area contributed by atoms with Crippen molar-refractivity contribution >= 4 is 56.2 Å². The molecular weight excluding hydrogens is 572 g/mol. The maximum Gasteiger partial charge on any atom is 0.262 e. The van der Waals surface area contributed by atoms with E-state index in [1.165, 1.54) is 12.1 Å². The monoisotopic (exact) mass is 600 g/mol. The second-order valence-corrected chi connectivity index (χ2v) is 11.6. The number of aryl methyl sites for hydroxylation is 1. The lowest BCUT2D eigenvalue weighted by atomic mass is 10.0. The van der Waals surface area contributed by atoms with Crippen molar-refractivity contribution in [3.05, 3.63) is 78.4 Å². The van der Waals surface area contributed by atoms with Crippen molar-refractivity contribution in [2.75, 3.05) is 30.4 Å². The van der Waals surface area contributed by atoms with Crippen LogP contribution in [0.3, 0.4) is 0 Å². The number of hydrogen-bond donors (Lipinski definition) is 3. The number of hydrogen-bond acceptors (Lipinski definition) is 7. The molecule has 0 spiro atoms. The summed E-state index contributed by atoms with van der Waals surface area (Å²) >= 11 is 6.82.